The molecule has 2 rings (SSSR count). The highest BCUT2D eigenvalue weighted by Crippen LogP contribution is 2.41. The van der Waals surface area contributed by atoms with Crippen LogP contribution in [0.3, 0.4) is 0 Å². The summed E-state index contributed by atoms with van der Waals surface area (Å²) in [6.07, 6.45) is 6.52. The Bertz CT molecular complexity index is 239. The first-order chi connectivity index (χ1) is 8.13. The standard InChI is InChI=1S/C14H28N2O/c1-11-5-4-6-12(2)16(11)9-14(10-17,15-3)13-7-8-13/h11-13,15,17H,4-10H2,1-3H3/t11-,12+,14?. The molecule has 0 amide bonds. The molecule has 0 radical (unpaired) electrons. The van der Waals surface area contributed by atoms with E-state index in [0.717, 1.165) is 6.54 Å². The third-order valence-corrected chi connectivity index (χ3v) is 4.98. The van der Waals surface area contributed by atoms with Crippen LogP contribution < -0.4 is 5.32 Å². The molecular formula is C14H28N2O. The highest BCUT2D eigenvalue weighted by atomic mass is 16.3. The molecule has 1 unspecified atom stereocenters. The van der Waals surface area contributed by atoms with Crippen molar-refractivity contribution >= 4 is 0 Å². The normalized spacial score (nSPS) is 34.6. The fourth-order valence-electron chi connectivity index (χ4n) is 3.42. The van der Waals surface area contributed by atoms with Crippen molar-refractivity contribution in [3.63, 3.8) is 0 Å². The number of hydrogen-bond acceptors (Lipinski definition) is 3. The third-order valence-electron chi connectivity index (χ3n) is 4.98. The van der Waals surface area contributed by atoms with Crippen molar-refractivity contribution in [2.45, 2.75) is 63.6 Å². The van der Waals surface area contributed by atoms with Crippen LogP contribution in [-0.4, -0.2) is 47.8 Å². The number of rotatable bonds is 5. The van der Waals surface area contributed by atoms with Crippen molar-refractivity contribution in [1.29, 1.82) is 0 Å². The molecule has 2 fully saturated rings. The van der Waals surface area contributed by atoms with Gasteiger partial charge in [0.05, 0.1) is 12.1 Å². The van der Waals surface area contributed by atoms with Crippen molar-refractivity contribution in [2.24, 2.45) is 5.92 Å². The molecule has 0 aromatic heterocycles. The molecule has 100 valence electrons. The van der Waals surface area contributed by atoms with Crippen molar-refractivity contribution in [2.75, 3.05) is 20.2 Å². The second-order valence-electron chi connectivity index (χ2n) is 6.14. The fraction of sp³-hybridized carbons (Fsp3) is 1.00. The van der Waals surface area contributed by atoms with Crippen molar-refractivity contribution < 1.29 is 5.11 Å². The lowest BCUT2D eigenvalue weighted by atomic mass is 9.89. The largest absolute Gasteiger partial charge is 0.394 e. The van der Waals surface area contributed by atoms with Crippen LogP contribution in [0.1, 0.15) is 46.0 Å². The van der Waals surface area contributed by atoms with E-state index in [-0.39, 0.29) is 12.1 Å². The first kappa shape index (κ1) is 13.3. The second-order valence-corrected chi connectivity index (χ2v) is 6.14. The van der Waals surface area contributed by atoms with Gasteiger partial charge >= 0.3 is 0 Å². The lowest BCUT2D eigenvalue weighted by Crippen LogP contribution is -2.60. The maximum absolute atomic E-state index is 9.80. The van der Waals surface area contributed by atoms with Gasteiger partial charge in [-0.15, -0.1) is 0 Å². The first-order valence-corrected chi connectivity index (χ1v) is 7.18. The first-order valence-electron chi connectivity index (χ1n) is 7.18. The predicted molar refractivity (Wildman–Crippen MR) is 71.1 cm³/mol. The minimum absolute atomic E-state index is 0.0557. The minimum Gasteiger partial charge on any atom is -0.394 e. The third kappa shape index (κ3) is 2.67. The van der Waals surface area contributed by atoms with Crippen molar-refractivity contribution in [1.82, 2.24) is 10.2 Å². The molecule has 1 heterocycles. The summed E-state index contributed by atoms with van der Waals surface area (Å²) >= 11 is 0. The van der Waals surface area contributed by atoms with Gasteiger partial charge < -0.3 is 10.4 Å². The van der Waals surface area contributed by atoms with Gasteiger partial charge in [0.15, 0.2) is 0 Å². The number of nitrogens with one attached hydrogen (secondary N) is 1. The number of hydrogen-bond donors (Lipinski definition) is 2. The van der Waals surface area contributed by atoms with E-state index in [0.29, 0.717) is 18.0 Å². The van der Waals surface area contributed by atoms with E-state index >= 15 is 0 Å². The molecule has 0 spiro atoms. The molecule has 1 saturated carbocycles. The van der Waals surface area contributed by atoms with Crippen LogP contribution >= 0.6 is 0 Å². The SMILES string of the molecule is CNC(CO)(CN1[C@H](C)CCC[C@@H]1C)C1CC1. The van der Waals surface area contributed by atoms with Crippen molar-refractivity contribution in [3.8, 4) is 0 Å². The van der Waals surface area contributed by atoms with E-state index in [2.05, 4.69) is 24.1 Å². The number of likely N-dealkylation sites (N-methyl/N-ethyl adjacent to an activating group) is 1. The van der Waals surface area contributed by atoms with E-state index in [1.54, 1.807) is 0 Å². The van der Waals surface area contributed by atoms with Gasteiger partial charge in [-0.1, -0.05) is 6.42 Å². The van der Waals surface area contributed by atoms with Crippen LogP contribution in [0, 0.1) is 5.92 Å². The molecule has 1 aliphatic heterocycles. The summed E-state index contributed by atoms with van der Waals surface area (Å²) in [5, 5.41) is 13.2. The topological polar surface area (TPSA) is 35.5 Å². The van der Waals surface area contributed by atoms with Crippen LogP contribution in [0.4, 0.5) is 0 Å². The van der Waals surface area contributed by atoms with Crippen LogP contribution in [0.5, 0.6) is 0 Å². The molecule has 1 saturated heterocycles. The summed E-state index contributed by atoms with van der Waals surface area (Å²) in [4.78, 5) is 2.61. The Morgan fingerprint density at radius 3 is 2.18 bits per heavy atom. The zero-order chi connectivity index (χ0) is 12.5. The lowest BCUT2D eigenvalue weighted by molar-refractivity contribution is 0.0345. The number of nitrogens with zero attached hydrogens (tertiary/aromatic N) is 1. The molecular weight excluding hydrogens is 212 g/mol. The highest BCUT2D eigenvalue weighted by Gasteiger charge is 2.46. The van der Waals surface area contributed by atoms with Gasteiger partial charge in [0.1, 0.15) is 0 Å². The van der Waals surface area contributed by atoms with E-state index < -0.39 is 0 Å². The van der Waals surface area contributed by atoms with Gasteiger partial charge in [-0.3, -0.25) is 4.90 Å². The van der Waals surface area contributed by atoms with Gasteiger partial charge in [-0.2, -0.15) is 0 Å². The number of aliphatic hydroxyl groups excluding tert-OH is 1. The Labute approximate surface area is 106 Å². The number of aliphatic hydroxyl groups is 1. The molecule has 3 atom stereocenters. The zero-order valence-electron chi connectivity index (χ0n) is 11.6. The minimum atomic E-state index is -0.0557. The molecule has 2 aliphatic rings. The highest BCUT2D eigenvalue weighted by molar-refractivity contribution is 5.03. The monoisotopic (exact) mass is 240 g/mol. The van der Waals surface area contributed by atoms with Gasteiger partial charge in [-0.05, 0) is 52.5 Å². The average Bonchev–Trinajstić information content (AvgIpc) is 3.14. The lowest BCUT2D eigenvalue weighted by Gasteiger charge is -2.45. The maximum atomic E-state index is 9.80. The Kier molecular flexibility index (Phi) is 4.11. The quantitative estimate of drug-likeness (QED) is 0.766. The summed E-state index contributed by atoms with van der Waals surface area (Å²) in [6.45, 7) is 5.94. The summed E-state index contributed by atoms with van der Waals surface area (Å²) in [7, 11) is 2.01. The molecule has 3 nitrogen and oxygen atoms in total. The Balaban J connectivity index is 2.05. The Hall–Kier alpha value is -0.120. The van der Waals surface area contributed by atoms with Crippen molar-refractivity contribution in [3.05, 3.63) is 0 Å². The summed E-state index contributed by atoms with van der Waals surface area (Å²) < 4.78 is 0. The Morgan fingerprint density at radius 2 is 1.76 bits per heavy atom. The van der Waals surface area contributed by atoms with Crippen LogP contribution in [0.2, 0.25) is 0 Å². The zero-order valence-corrected chi connectivity index (χ0v) is 11.6. The van der Waals surface area contributed by atoms with Gasteiger partial charge in [0.2, 0.25) is 0 Å². The number of piperidine rings is 1. The van der Waals surface area contributed by atoms with Gasteiger partial charge in [0.25, 0.3) is 0 Å². The van der Waals surface area contributed by atoms with E-state index in [4.69, 9.17) is 0 Å². The molecule has 0 bridgehead atoms. The molecule has 1 aliphatic carbocycles. The summed E-state index contributed by atoms with van der Waals surface area (Å²) in [5.41, 5.74) is -0.0557. The second kappa shape index (κ2) is 5.25. The Morgan fingerprint density at radius 1 is 1.18 bits per heavy atom. The molecule has 2 N–H and O–H groups in total. The predicted octanol–water partition coefficient (Wildman–Crippen LogP) is 1.61. The van der Waals surface area contributed by atoms with E-state index in [9.17, 15) is 5.11 Å². The van der Waals surface area contributed by atoms with E-state index in [1.165, 1.54) is 32.1 Å². The summed E-state index contributed by atoms with van der Waals surface area (Å²) in [6, 6.07) is 1.33. The molecule has 0 aromatic rings. The van der Waals surface area contributed by atoms with E-state index in [1.807, 2.05) is 7.05 Å². The maximum Gasteiger partial charge on any atom is 0.0628 e. The molecule has 3 heteroatoms. The smallest absolute Gasteiger partial charge is 0.0628 e. The fourth-order valence-corrected chi connectivity index (χ4v) is 3.42. The molecule has 17 heavy (non-hydrogen) atoms. The van der Waals surface area contributed by atoms with Crippen LogP contribution in [0.25, 0.3) is 0 Å². The summed E-state index contributed by atoms with van der Waals surface area (Å²) in [5.74, 6) is 0.679. The van der Waals surface area contributed by atoms with Gasteiger partial charge in [-0.25, -0.2) is 0 Å². The number of likely N-dealkylation sites (tertiary alicyclic amines) is 1. The average molecular weight is 240 g/mol. The van der Waals surface area contributed by atoms with Crippen LogP contribution in [0.15, 0.2) is 0 Å². The van der Waals surface area contributed by atoms with Crippen LogP contribution in [-0.2, 0) is 0 Å². The molecule has 0 aromatic carbocycles. The van der Waals surface area contributed by atoms with Gasteiger partial charge in [0, 0.05) is 18.6 Å².